The van der Waals surface area contributed by atoms with Gasteiger partial charge in [-0.05, 0) is 88.6 Å². The highest BCUT2D eigenvalue weighted by Gasteiger charge is 2.22. The molecule has 50 heavy (non-hydrogen) atoms. The second kappa shape index (κ2) is 11.9. The molecule has 2 aromatic heterocycles. The van der Waals surface area contributed by atoms with E-state index in [0.29, 0.717) is 0 Å². The molecule has 10 rings (SSSR count). The molecule has 0 saturated heterocycles. The van der Waals surface area contributed by atoms with Gasteiger partial charge in [0, 0.05) is 34.3 Å². The smallest absolute Gasteiger partial charge is 0.123 e. The highest BCUT2D eigenvalue weighted by molar-refractivity contribution is 7.13. The van der Waals surface area contributed by atoms with Crippen LogP contribution >= 0.6 is 22.7 Å². The molecule has 4 heteroatoms. The second-order valence-electron chi connectivity index (χ2n) is 12.5. The lowest BCUT2D eigenvalue weighted by molar-refractivity contribution is 1.41. The van der Waals surface area contributed by atoms with Crippen molar-refractivity contribution >= 4 is 65.8 Å². The molecule has 8 aromatic carbocycles. The van der Waals surface area contributed by atoms with Crippen molar-refractivity contribution in [2.24, 2.45) is 0 Å². The summed E-state index contributed by atoms with van der Waals surface area (Å²) in [6, 6.07) is 53.5. The summed E-state index contributed by atoms with van der Waals surface area (Å²) in [4.78, 5) is 9.24. The Morgan fingerprint density at radius 2 is 0.600 bits per heavy atom. The summed E-state index contributed by atoms with van der Waals surface area (Å²) in [6.07, 6.45) is 3.76. The van der Waals surface area contributed by atoms with E-state index in [9.17, 15) is 0 Å². The van der Waals surface area contributed by atoms with Gasteiger partial charge in [-0.2, -0.15) is 0 Å². The zero-order chi connectivity index (χ0) is 33.0. The van der Waals surface area contributed by atoms with Crippen molar-refractivity contribution in [3.63, 3.8) is 0 Å². The number of benzene rings is 8. The molecule has 0 bridgehead atoms. The summed E-state index contributed by atoms with van der Waals surface area (Å²) in [6.45, 7) is 0. The Balaban J connectivity index is 1.32. The minimum atomic E-state index is 1.03. The molecule has 0 fully saturated rings. The van der Waals surface area contributed by atoms with E-state index < -0.39 is 0 Å². The third-order valence-electron chi connectivity index (χ3n) is 9.77. The van der Waals surface area contributed by atoms with Crippen molar-refractivity contribution in [2.75, 3.05) is 0 Å². The van der Waals surface area contributed by atoms with Gasteiger partial charge in [0.15, 0.2) is 0 Å². The standard InChI is InChI=1S/C46H28N2S2/c1-5-19-37-33(15-1)41(29-11-9-13-31(27-29)45-47-23-25-49-45)34-16-2-6-20-38(34)43(37)44-39-21-7-3-17-35(39)42(36-18-4-8-22-40(36)44)30-12-10-14-32(28-30)46-48-24-26-50-46/h1-28H. The van der Waals surface area contributed by atoms with Crippen LogP contribution in [0.1, 0.15) is 0 Å². The van der Waals surface area contributed by atoms with E-state index in [4.69, 9.17) is 0 Å². The number of hydrogen-bond donors (Lipinski definition) is 0. The lowest BCUT2D eigenvalue weighted by Crippen LogP contribution is -1.95. The van der Waals surface area contributed by atoms with Crippen LogP contribution in [0.3, 0.4) is 0 Å². The Bertz CT molecular complexity index is 2560. The number of hydrogen-bond acceptors (Lipinski definition) is 4. The van der Waals surface area contributed by atoms with E-state index in [1.807, 2.05) is 23.2 Å². The predicted octanol–water partition coefficient (Wildman–Crippen LogP) is 13.5. The molecular weight excluding hydrogens is 645 g/mol. The molecule has 2 nitrogen and oxygen atoms in total. The minimum Gasteiger partial charge on any atom is -0.245 e. The van der Waals surface area contributed by atoms with Gasteiger partial charge in [0.25, 0.3) is 0 Å². The Kier molecular flexibility index (Phi) is 6.90. The first-order valence-electron chi connectivity index (χ1n) is 16.7. The number of fused-ring (bicyclic) bond motifs is 4. The lowest BCUT2D eigenvalue weighted by Gasteiger charge is -2.22. The van der Waals surface area contributed by atoms with Gasteiger partial charge in [0.2, 0.25) is 0 Å². The normalized spacial score (nSPS) is 11.6. The lowest BCUT2D eigenvalue weighted by atomic mass is 9.81. The maximum absolute atomic E-state index is 4.62. The molecule has 0 N–H and O–H groups in total. The molecule has 0 radical (unpaired) electrons. The van der Waals surface area contributed by atoms with Crippen LogP contribution in [0.15, 0.2) is 169 Å². The van der Waals surface area contributed by atoms with Gasteiger partial charge >= 0.3 is 0 Å². The largest absolute Gasteiger partial charge is 0.245 e. The number of rotatable bonds is 5. The minimum absolute atomic E-state index is 1.03. The molecule has 0 aliphatic carbocycles. The van der Waals surface area contributed by atoms with E-state index in [0.717, 1.165) is 21.1 Å². The zero-order valence-electron chi connectivity index (χ0n) is 26.9. The molecular formula is C46H28N2S2. The monoisotopic (exact) mass is 672 g/mol. The average Bonchev–Trinajstić information content (AvgIpc) is 3.93. The van der Waals surface area contributed by atoms with Crippen LogP contribution in [0.25, 0.3) is 97.6 Å². The molecule has 10 aromatic rings. The first-order chi connectivity index (χ1) is 24.8. The van der Waals surface area contributed by atoms with E-state index in [1.54, 1.807) is 22.7 Å². The van der Waals surface area contributed by atoms with Crippen molar-refractivity contribution in [1.29, 1.82) is 0 Å². The van der Waals surface area contributed by atoms with Gasteiger partial charge in [-0.25, -0.2) is 9.97 Å². The molecule has 0 atom stereocenters. The molecule has 234 valence electrons. The van der Waals surface area contributed by atoms with Crippen molar-refractivity contribution in [2.45, 2.75) is 0 Å². The Morgan fingerprint density at radius 1 is 0.300 bits per heavy atom. The van der Waals surface area contributed by atoms with Crippen molar-refractivity contribution in [3.8, 4) is 54.5 Å². The fourth-order valence-corrected chi connectivity index (χ4v) is 9.04. The van der Waals surface area contributed by atoms with Crippen LogP contribution in [-0.4, -0.2) is 9.97 Å². The van der Waals surface area contributed by atoms with Crippen LogP contribution in [0.5, 0.6) is 0 Å². The number of thiazole rings is 2. The summed E-state index contributed by atoms with van der Waals surface area (Å²) in [5, 5.41) is 16.1. The topological polar surface area (TPSA) is 25.8 Å². The fraction of sp³-hybridized carbons (Fsp3) is 0. The third-order valence-corrected chi connectivity index (χ3v) is 11.4. The maximum Gasteiger partial charge on any atom is 0.123 e. The Morgan fingerprint density at radius 3 is 0.900 bits per heavy atom. The van der Waals surface area contributed by atoms with E-state index in [-0.39, 0.29) is 0 Å². The molecule has 0 saturated carbocycles. The second-order valence-corrected chi connectivity index (χ2v) is 14.3. The Labute approximate surface area is 297 Å². The Hall–Kier alpha value is -5.94. The average molecular weight is 673 g/mol. The molecule has 0 aliphatic heterocycles. The van der Waals surface area contributed by atoms with Gasteiger partial charge < -0.3 is 0 Å². The van der Waals surface area contributed by atoms with Gasteiger partial charge in [-0.1, -0.05) is 133 Å². The number of nitrogens with zero attached hydrogens (tertiary/aromatic N) is 2. The first kappa shape index (κ1) is 29.0. The molecule has 0 unspecified atom stereocenters. The van der Waals surface area contributed by atoms with Gasteiger partial charge in [0.1, 0.15) is 10.0 Å². The van der Waals surface area contributed by atoms with Crippen LogP contribution in [0.4, 0.5) is 0 Å². The highest BCUT2D eigenvalue weighted by atomic mass is 32.1. The van der Waals surface area contributed by atoms with E-state index >= 15 is 0 Å². The summed E-state index contributed by atoms with van der Waals surface area (Å²) >= 11 is 3.35. The first-order valence-corrected chi connectivity index (χ1v) is 18.5. The van der Waals surface area contributed by atoms with Crippen LogP contribution in [0, 0.1) is 0 Å². The summed E-state index contributed by atoms with van der Waals surface area (Å²) in [7, 11) is 0. The predicted molar refractivity (Wildman–Crippen MR) is 215 cm³/mol. The highest BCUT2D eigenvalue weighted by Crippen LogP contribution is 2.50. The summed E-state index contributed by atoms with van der Waals surface area (Å²) < 4.78 is 0. The van der Waals surface area contributed by atoms with Gasteiger partial charge in [-0.3, -0.25) is 0 Å². The third kappa shape index (κ3) is 4.61. The van der Waals surface area contributed by atoms with Crippen molar-refractivity contribution < 1.29 is 0 Å². The fourth-order valence-electron chi connectivity index (χ4n) is 7.77. The maximum atomic E-state index is 4.62. The van der Waals surface area contributed by atoms with Crippen LogP contribution in [0.2, 0.25) is 0 Å². The molecule has 2 heterocycles. The SMILES string of the molecule is c1cc(-c2nccs2)cc(-c2c3ccccc3c(-c3c4ccccc4c(-c4cccc(-c5nccs5)c4)c4ccccc34)c3ccccc23)c1. The van der Waals surface area contributed by atoms with Gasteiger partial charge in [0.05, 0.1) is 0 Å². The van der Waals surface area contributed by atoms with Crippen molar-refractivity contribution in [1.82, 2.24) is 9.97 Å². The van der Waals surface area contributed by atoms with Gasteiger partial charge in [-0.15, -0.1) is 22.7 Å². The quantitative estimate of drug-likeness (QED) is 0.170. The van der Waals surface area contributed by atoms with Crippen molar-refractivity contribution in [3.05, 3.63) is 169 Å². The zero-order valence-corrected chi connectivity index (χ0v) is 28.5. The molecule has 0 amide bonds. The van der Waals surface area contributed by atoms with E-state index in [1.165, 1.54) is 76.5 Å². The van der Waals surface area contributed by atoms with Crippen LogP contribution < -0.4 is 0 Å². The molecule has 0 spiro atoms. The number of aromatic nitrogens is 2. The van der Waals surface area contributed by atoms with Crippen LogP contribution in [-0.2, 0) is 0 Å². The summed E-state index contributed by atoms with van der Waals surface area (Å²) in [5.41, 5.74) is 9.72. The molecule has 0 aliphatic rings. The van der Waals surface area contributed by atoms with E-state index in [2.05, 4.69) is 156 Å². The summed E-state index contributed by atoms with van der Waals surface area (Å²) in [5.74, 6) is 0.